The second-order valence-electron chi connectivity index (χ2n) is 6.18. The van der Waals surface area contributed by atoms with Gasteiger partial charge in [0, 0.05) is 5.56 Å². The predicted octanol–water partition coefficient (Wildman–Crippen LogP) is 3.90. The van der Waals surface area contributed by atoms with Gasteiger partial charge in [0.05, 0.1) is 10.6 Å². The van der Waals surface area contributed by atoms with E-state index in [2.05, 4.69) is 5.32 Å². The highest BCUT2D eigenvalue weighted by atomic mass is 35.5. The van der Waals surface area contributed by atoms with Crippen LogP contribution in [0.2, 0.25) is 5.02 Å². The topological polar surface area (TPSA) is 72.5 Å². The maximum atomic E-state index is 12.5. The number of carbonyl (C=O) groups is 3. The molecule has 0 fully saturated rings. The number of halogens is 1. The van der Waals surface area contributed by atoms with E-state index in [-0.39, 0.29) is 11.7 Å². The van der Waals surface area contributed by atoms with E-state index < -0.39 is 17.9 Å². The van der Waals surface area contributed by atoms with Crippen molar-refractivity contribution in [1.82, 2.24) is 5.32 Å². The molecule has 1 amide bonds. The molecule has 0 aliphatic rings. The third-order valence-corrected chi connectivity index (χ3v) is 4.13. The van der Waals surface area contributed by atoms with Gasteiger partial charge in [-0.1, -0.05) is 37.6 Å². The van der Waals surface area contributed by atoms with Gasteiger partial charge in [0.1, 0.15) is 11.8 Å². The molecule has 0 aliphatic heterocycles. The van der Waals surface area contributed by atoms with Crippen molar-refractivity contribution >= 4 is 29.3 Å². The number of ether oxygens (including phenoxy) is 1. The van der Waals surface area contributed by atoms with Gasteiger partial charge in [-0.3, -0.25) is 9.59 Å². The smallest absolute Gasteiger partial charge is 0.334 e. The van der Waals surface area contributed by atoms with Crippen molar-refractivity contribution in [1.29, 1.82) is 0 Å². The van der Waals surface area contributed by atoms with E-state index in [1.807, 2.05) is 0 Å². The van der Waals surface area contributed by atoms with Crippen molar-refractivity contribution < 1.29 is 19.1 Å². The van der Waals surface area contributed by atoms with Crippen molar-refractivity contribution in [2.45, 2.75) is 26.8 Å². The summed E-state index contributed by atoms with van der Waals surface area (Å²) >= 11 is 6.03. The van der Waals surface area contributed by atoms with Crippen LogP contribution in [0.25, 0.3) is 0 Å². The number of hydrogen-bond donors (Lipinski definition) is 1. The molecule has 0 radical (unpaired) electrons. The molecular weight excluding hydrogens is 354 g/mol. The van der Waals surface area contributed by atoms with E-state index in [9.17, 15) is 14.4 Å². The fraction of sp³-hybridized carbons (Fsp3) is 0.250. The number of hydrogen-bond acceptors (Lipinski definition) is 4. The van der Waals surface area contributed by atoms with Crippen LogP contribution in [-0.2, 0) is 4.79 Å². The summed E-state index contributed by atoms with van der Waals surface area (Å²) in [6.45, 7) is 5.06. The van der Waals surface area contributed by atoms with E-state index >= 15 is 0 Å². The average molecular weight is 374 g/mol. The predicted molar refractivity (Wildman–Crippen MR) is 99.6 cm³/mol. The summed E-state index contributed by atoms with van der Waals surface area (Å²) in [5.74, 6) is -0.993. The zero-order valence-corrected chi connectivity index (χ0v) is 15.5. The molecule has 6 heteroatoms. The standard InChI is InChI=1S/C20H20ClNO4/c1-12(2)18(22-19(24)16-6-4-5-7-17(16)21)20(25)26-15-10-8-14(9-11-15)13(3)23/h4-12,18H,1-3H3,(H,22,24)/t18-/m0/s1. The lowest BCUT2D eigenvalue weighted by Gasteiger charge is -2.21. The quantitative estimate of drug-likeness (QED) is 0.473. The van der Waals surface area contributed by atoms with Gasteiger partial charge in [0.25, 0.3) is 5.91 Å². The first-order valence-electron chi connectivity index (χ1n) is 8.17. The maximum absolute atomic E-state index is 12.5. The van der Waals surface area contributed by atoms with Gasteiger partial charge in [-0.05, 0) is 49.2 Å². The van der Waals surface area contributed by atoms with Gasteiger partial charge in [-0.2, -0.15) is 0 Å². The molecular formula is C20H20ClNO4. The average Bonchev–Trinajstić information content (AvgIpc) is 2.59. The lowest BCUT2D eigenvalue weighted by Crippen LogP contribution is -2.46. The first-order chi connectivity index (χ1) is 12.3. The van der Waals surface area contributed by atoms with Crippen molar-refractivity contribution in [2.24, 2.45) is 5.92 Å². The number of amides is 1. The Kier molecular flexibility index (Phi) is 6.52. The number of carbonyl (C=O) groups excluding carboxylic acids is 3. The Hall–Kier alpha value is -2.66. The van der Waals surface area contributed by atoms with E-state index in [0.717, 1.165) is 0 Å². The molecule has 0 saturated heterocycles. The molecule has 0 spiro atoms. The Morgan fingerprint density at radius 3 is 2.15 bits per heavy atom. The van der Waals surface area contributed by atoms with Crippen LogP contribution in [0.1, 0.15) is 41.5 Å². The largest absolute Gasteiger partial charge is 0.425 e. The summed E-state index contributed by atoms with van der Waals surface area (Å²) in [7, 11) is 0. The lowest BCUT2D eigenvalue weighted by atomic mass is 10.0. The molecule has 0 aliphatic carbocycles. The van der Waals surface area contributed by atoms with Crippen LogP contribution in [0.3, 0.4) is 0 Å². The van der Waals surface area contributed by atoms with Gasteiger partial charge < -0.3 is 10.1 Å². The van der Waals surface area contributed by atoms with Crippen molar-refractivity contribution in [3.8, 4) is 5.75 Å². The Morgan fingerprint density at radius 2 is 1.62 bits per heavy atom. The van der Waals surface area contributed by atoms with Crippen LogP contribution in [0.4, 0.5) is 0 Å². The van der Waals surface area contributed by atoms with Gasteiger partial charge in [-0.25, -0.2) is 4.79 Å². The van der Waals surface area contributed by atoms with Crippen molar-refractivity contribution in [2.75, 3.05) is 0 Å². The van der Waals surface area contributed by atoms with E-state index in [1.165, 1.54) is 6.92 Å². The zero-order valence-electron chi connectivity index (χ0n) is 14.8. The number of esters is 1. The van der Waals surface area contributed by atoms with Gasteiger partial charge in [0.15, 0.2) is 5.78 Å². The van der Waals surface area contributed by atoms with Crippen LogP contribution >= 0.6 is 11.6 Å². The van der Waals surface area contributed by atoms with Crippen LogP contribution in [0.15, 0.2) is 48.5 Å². The molecule has 0 bridgehead atoms. The summed E-state index contributed by atoms with van der Waals surface area (Å²) in [6, 6.07) is 12.0. The highest BCUT2D eigenvalue weighted by Gasteiger charge is 2.27. The number of benzene rings is 2. The maximum Gasteiger partial charge on any atom is 0.334 e. The highest BCUT2D eigenvalue weighted by Crippen LogP contribution is 2.17. The fourth-order valence-corrected chi connectivity index (χ4v) is 2.52. The Balaban J connectivity index is 2.11. The molecule has 136 valence electrons. The molecule has 1 atom stereocenters. The minimum atomic E-state index is -0.841. The lowest BCUT2D eigenvalue weighted by molar-refractivity contribution is -0.137. The molecule has 0 unspecified atom stereocenters. The summed E-state index contributed by atoms with van der Waals surface area (Å²) in [4.78, 5) is 36.2. The number of nitrogens with one attached hydrogen (secondary N) is 1. The highest BCUT2D eigenvalue weighted by molar-refractivity contribution is 6.33. The normalized spacial score (nSPS) is 11.7. The number of rotatable bonds is 6. The van der Waals surface area contributed by atoms with Crippen molar-refractivity contribution in [3.05, 3.63) is 64.7 Å². The third kappa shape index (κ3) is 4.92. The minimum absolute atomic E-state index is 0.0741. The summed E-state index contributed by atoms with van der Waals surface area (Å²) in [5, 5.41) is 2.98. The van der Waals surface area contributed by atoms with Crippen LogP contribution in [-0.4, -0.2) is 23.7 Å². The van der Waals surface area contributed by atoms with E-state index in [1.54, 1.807) is 62.4 Å². The molecule has 1 N–H and O–H groups in total. The van der Waals surface area contributed by atoms with Gasteiger partial charge >= 0.3 is 5.97 Å². The van der Waals surface area contributed by atoms with Gasteiger partial charge in [0.2, 0.25) is 0 Å². The van der Waals surface area contributed by atoms with E-state index in [0.29, 0.717) is 21.9 Å². The zero-order chi connectivity index (χ0) is 19.3. The molecule has 2 aromatic rings. The number of Topliss-reactive ketones (excluding diaryl/α,β-unsaturated/α-hetero) is 1. The summed E-state index contributed by atoms with van der Waals surface area (Å²) in [5.41, 5.74) is 0.815. The SMILES string of the molecule is CC(=O)c1ccc(OC(=O)[C@@H](NC(=O)c2ccccc2Cl)C(C)C)cc1. The Morgan fingerprint density at radius 1 is 1.00 bits per heavy atom. The monoisotopic (exact) mass is 373 g/mol. The van der Waals surface area contributed by atoms with Crippen LogP contribution in [0.5, 0.6) is 5.75 Å². The summed E-state index contributed by atoms with van der Waals surface area (Å²) < 4.78 is 5.34. The molecule has 26 heavy (non-hydrogen) atoms. The van der Waals surface area contributed by atoms with Crippen LogP contribution in [0, 0.1) is 5.92 Å². The first kappa shape index (κ1) is 19.7. The third-order valence-electron chi connectivity index (χ3n) is 3.80. The number of ketones is 1. The molecule has 0 saturated carbocycles. The molecule has 0 heterocycles. The Bertz CT molecular complexity index is 815. The van der Waals surface area contributed by atoms with Gasteiger partial charge in [-0.15, -0.1) is 0 Å². The van der Waals surface area contributed by atoms with E-state index in [4.69, 9.17) is 16.3 Å². The summed E-state index contributed by atoms with van der Waals surface area (Å²) in [6.07, 6.45) is 0. The minimum Gasteiger partial charge on any atom is -0.425 e. The first-order valence-corrected chi connectivity index (χ1v) is 8.55. The Labute approximate surface area is 157 Å². The second kappa shape index (κ2) is 8.63. The van der Waals surface area contributed by atoms with Crippen LogP contribution < -0.4 is 10.1 Å². The molecule has 0 aromatic heterocycles. The molecule has 2 rings (SSSR count). The molecule has 5 nitrogen and oxygen atoms in total. The second-order valence-corrected chi connectivity index (χ2v) is 6.58. The fourth-order valence-electron chi connectivity index (χ4n) is 2.30. The van der Waals surface area contributed by atoms with Crippen molar-refractivity contribution in [3.63, 3.8) is 0 Å². The molecule has 2 aromatic carbocycles.